The first kappa shape index (κ1) is 12.6. The lowest BCUT2D eigenvalue weighted by atomic mass is 9.92. The van der Waals surface area contributed by atoms with Gasteiger partial charge in [0.05, 0.1) is 19.9 Å². The van der Waals surface area contributed by atoms with E-state index in [0.29, 0.717) is 6.04 Å². The summed E-state index contributed by atoms with van der Waals surface area (Å²) >= 11 is 0. The number of fused-ring (bicyclic) bond motifs is 1. The van der Waals surface area contributed by atoms with Gasteiger partial charge in [-0.25, -0.2) is 0 Å². The maximum absolute atomic E-state index is 5.49. The van der Waals surface area contributed by atoms with Crippen LogP contribution in [-0.2, 0) is 0 Å². The quantitative estimate of drug-likeness (QED) is 0.902. The van der Waals surface area contributed by atoms with Crippen LogP contribution in [0.1, 0.15) is 12.8 Å². The van der Waals surface area contributed by atoms with Crippen LogP contribution in [0, 0.1) is 5.92 Å². The average Bonchev–Trinajstić information content (AvgIpc) is 2.93. The monoisotopic (exact) mass is 262 g/mol. The fraction of sp³-hybridized carbons (Fsp3) is 0.600. The summed E-state index contributed by atoms with van der Waals surface area (Å²) in [7, 11) is 3.43. The topological polar surface area (TPSA) is 33.7 Å². The maximum Gasteiger partial charge on any atom is 0.142 e. The van der Waals surface area contributed by atoms with Crippen molar-refractivity contribution in [2.45, 2.75) is 18.9 Å². The van der Waals surface area contributed by atoms with E-state index in [9.17, 15) is 0 Å². The SMILES string of the molecule is COc1ccc(OC)c(N2CCC3CCNC3C2)c1. The average molecular weight is 262 g/mol. The van der Waals surface area contributed by atoms with Crippen molar-refractivity contribution in [1.29, 1.82) is 0 Å². The molecular formula is C15H22N2O2. The molecule has 4 nitrogen and oxygen atoms in total. The number of nitrogens with one attached hydrogen (secondary N) is 1. The van der Waals surface area contributed by atoms with Crippen LogP contribution in [-0.4, -0.2) is 39.9 Å². The number of anilines is 1. The molecular weight excluding hydrogens is 240 g/mol. The van der Waals surface area contributed by atoms with Gasteiger partial charge in [0.15, 0.2) is 0 Å². The summed E-state index contributed by atoms with van der Waals surface area (Å²) < 4.78 is 10.8. The number of nitrogens with zero attached hydrogens (tertiary/aromatic N) is 1. The van der Waals surface area contributed by atoms with E-state index in [1.165, 1.54) is 19.4 Å². The highest BCUT2D eigenvalue weighted by Crippen LogP contribution is 2.36. The van der Waals surface area contributed by atoms with Crippen LogP contribution in [0.3, 0.4) is 0 Å². The molecule has 2 heterocycles. The Balaban J connectivity index is 1.84. The van der Waals surface area contributed by atoms with Gasteiger partial charge in [-0.3, -0.25) is 0 Å². The lowest BCUT2D eigenvalue weighted by molar-refractivity contribution is 0.365. The summed E-state index contributed by atoms with van der Waals surface area (Å²) in [5.74, 6) is 2.67. The van der Waals surface area contributed by atoms with E-state index >= 15 is 0 Å². The number of rotatable bonds is 3. The lowest BCUT2D eigenvalue weighted by Gasteiger charge is -2.37. The zero-order valence-corrected chi connectivity index (χ0v) is 11.7. The van der Waals surface area contributed by atoms with Crippen molar-refractivity contribution >= 4 is 5.69 Å². The van der Waals surface area contributed by atoms with Crippen LogP contribution in [0.4, 0.5) is 5.69 Å². The van der Waals surface area contributed by atoms with Crippen molar-refractivity contribution < 1.29 is 9.47 Å². The number of piperidine rings is 1. The van der Waals surface area contributed by atoms with E-state index in [4.69, 9.17) is 9.47 Å². The minimum absolute atomic E-state index is 0.629. The van der Waals surface area contributed by atoms with Gasteiger partial charge in [-0.05, 0) is 37.4 Å². The Morgan fingerprint density at radius 1 is 1.21 bits per heavy atom. The van der Waals surface area contributed by atoms with Crippen molar-refractivity contribution in [1.82, 2.24) is 5.32 Å². The minimum atomic E-state index is 0.629. The molecule has 1 aromatic rings. The van der Waals surface area contributed by atoms with Gasteiger partial charge in [-0.2, -0.15) is 0 Å². The van der Waals surface area contributed by atoms with Gasteiger partial charge < -0.3 is 19.7 Å². The van der Waals surface area contributed by atoms with Crippen LogP contribution in [0.15, 0.2) is 18.2 Å². The first-order chi connectivity index (χ1) is 9.31. The van der Waals surface area contributed by atoms with E-state index in [-0.39, 0.29) is 0 Å². The van der Waals surface area contributed by atoms with Crippen LogP contribution in [0.2, 0.25) is 0 Å². The van der Waals surface area contributed by atoms with Crippen molar-refractivity contribution in [3.63, 3.8) is 0 Å². The highest BCUT2D eigenvalue weighted by atomic mass is 16.5. The molecule has 1 aromatic carbocycles. The molecule has 0 radical (unpaired) electrons. The maximum atomic E-state index is 5.49. The Bertz CT molecular complexity index is 450. The van der Waals surface area contributed by atoms with E-state index in [0.717, 1.165) is 36.2 Å². The lowest BCUT2D eigenvalue weighted by Crippen LogP contribution is -2.46. The number of benzene rings is 1. The Morgan fingerprint density at radius 2 is 2.11 bits per heavy atom. The van der Waals surface area contributed by atoms with E-state index in [2.05, 4.69) is 16.3 Å². The summed E-state index contributed by atoms with van der Waals surface area (Å²) in [4.78, 5) is 2.42. The van der Waals surface area contributed by atoms with Gasteiger partial charge in [0.1, 0.15) is 11.5 Å². The zero-order chi connectivity index (χ0) is 13.2. The fourth-order valence-corrected chi connectivity index (χ4v) is 3.29. The second-order valence-corrected chi connectivity index (χ2v) is 5.38. The van der Waals surface area contributed by atoms with Crippen LogP contribution >= 0.6 is 0 Å². The molecule has 0 aliphatic carbocycles. The van der Waals surface area contributed by atoms with Crippen LogP contribution in [0.5, 0.6) is 11.5 Å². The van der Waals surface area contributed by atoms with Crippen molar-refractivity contribution in [3.05, 3.63) is 18.2 Å². The van der Waals surface area contributed by atoms with Gasteiger partial charge in [0.2, 0.25) is 0 Å². The second kappa shape index (κ2) is 5.29. The highest BCUT2D eigenvalue weighted by Gasteiger charge is 2.33. The summed E-state index contributed by atoms with van der Waals surface area (Å²) in [6, 6.07) is 6.64. The Kier molecular flexibility index (Phi) is 3.51. The van der Waals surface area contributed by atoms with Gasteiger partial charge in [0, 0.05) is 25.2 Å². The highest BCUT2D eigenvalue weighted by molar-refractivity contribution is 5.62. The Hall–Kier alpha value is -1.42. The number of hydrogen-bond donors (Lipinski definition) is 1. The molecule has 104 valence electrons. The van der Waals surface area contributed by atoms with E-state index < -0.39 is 0 Å². The predicted molar refractivity (Wildman–Crippen MR) is 76.3 cm³/mol. The molecule has 2 unspecified atom stereocenters. The van der Waals surface area contributed by atoms with Gasteiger partial charge in [-0.1, -0.05) is 0 Å². The standard InChI is InChI=1S/C15H22N2O2/c1-18-12-3-4-15(19-2)14(9-12)17-8-6-11-5-7-16-13(11)10-17/h3-4,9,11,13,16H,5-8,10H2,1-2H3. The van der Waals surface area contributed by atoms with Crippen LogP contribution in [0.25, 0.3) is 0 Å². The van der Waals surface area contributed by atoms with Gasteiger partial charge in [0.25, 0.3) is 0 Å². The Morgan fingerprint density at radius 3 is 2.89 bits per heavy atom. The van der Waals surface area contributed by atoms with Gasteiger partial charge in [-0.15, -0.1) is 0 Å². The molecule has 2 atom stereocenters. The summed E-state index contributed by atoms with van der Waals surface area (Å²) in [5, 5.41) is 3.61. The molecule has 0 aromatic heterocycles. The number of hydrogen-bond acceptors (Lipinski definition) is 4. The zero-order valence-electron chi connectivity index (χ0n) is 11.7. The smallest absolute Gasteiger partial charge is 0.142 e. The van der Waals surface area contributed by atoms with E-state index in [1.54, 1.807) is 14.2 Å². The normalized spacial score (nSPS) is 26.1. The third kappa shape index (κ3) is 2.37. The molecule has 0 bridgehead atoms. The summed E-state index contributed by atoms with van der Waals surface area (Å²) in [6.07, 6.45) is 2.59. The molecule has 4 heteroatoms. The third-order valence-corrected chi connectivity index (χ3v) is 4.40. The summed E-state index contributed by atoms with van der Waals surface area (Å²) in [5.41, 5.74) is 1.15. The first-order valence-electron chi connectivity index (χ1n) is 7.02. The molecule has 2 aliphatic heterocycles. The molecule has 19 heavy (non-hydrogen) atoms. The molecule has 3 rings (SSSR count). The van der Waals surface area contributed by atoms with Crippen molar-refractivity contribution in [3.8, 4) is 11.5 Å². The molecule has 2 saturated heterocycles. The number of methoxy groups -OCH3 is 2. The molecule has 0 spiro atoms. The van der Waals surface area contributed by atoms with Gasteiger partial charge >= 0.3 is 0 Å². The Labute approximate surface area is 114 Å². The molecule has 2 aliphatic rings. The third-order valence-electron chi connectivity index (χ3n) is 4.40. The molecule has 1 N–H and O–H groups in total. The fourth-order valence-electron chi connectivity index (χ4n) is 3.29. The number of ether oxygens (including phenoxy) is 2. The molecule has 0 amide bonds. The first-order valence-corrected chi connectivity index (χ1v) is 7.02. The minimum Gasteiger partial charge on any atom is -0.497 e. The molecule has 2 fully saturated rings. The molecule has 0 saturated carbocycles. The predicted octanol–water partition coefficient (Wildman–Crippen LogP) is 1.89. The second-order valence-electron chi connectivity index (χ2n) is 5.38. The van der Waals surface area contributed by atoms with E-state index in [1.807, 2.05) is 12.1 Å². The summed E-state index contributed by atoms with van der Waals surface area (Å²) in [6.45, 7) is 3.33. The van der Waals surface area contributed by atoms with Crippen LogP contribution < -0.4 is 19.7 Å². The largest absolute Gasteiger partial charge is 0.497 e. The van der Waals surface area contributed by atoms with Crippen molar-refractivity contribution in [2.24, 2.45) is 5.92 Å². The van der Waals surface area contributed by atoms with Crippen molar-refractivity contribution in [2.75, 3.05) is 38.8 Å².